The first kappa shape index (κ1) is 15.6. The van der Waals surface area contributed by atoms with Crippen LogP contribution in [0.5, 0.6) is 11.5 Å². The van der Waals surface area contributed by atoms with Gasteiger partial charge >= 0.3 is 0 Å². The summed E-state index contributed by atoms with van der Waals surface area (Å²) in [6.45, 7) is 1.50. The highest BCUT2D eigenvalue weighted by Crippen LogP contribution is 2.35. The predicted octanol–water partition coefficient (Wildman–Crippen LogP) is 4.07. The number of Topliss-reactive ketones (excluding diaryl/α,β-unsaturated/α-hetero) is 1. The quantitative estimate of drug-likeness (QED) is 0.522. The Morgan fingerprint density at radius 3 is 2.62 bits per heavy atom. The Labute approximate surface area is 137 Å². The lowest BCUT2D eigenvalue weighted by atomic mass is 10.1. The van der Waals surface area contributed by atoms with E-state index in [1.165, 1.54) is 13.0 Å². The van der Waals surface area contributed by atoms with Crippen molar-refractivity contribution in [2.24, 2.45) is 0 Å². The molecule has 0 aliphatic rings. The van der Waals surface area contributed by atoms with Gasteiger partial charge in [0.25, 0.3) is 5.69 Å². The van der Waals surface area contributed by atoms with E-state index in [1.54, 1.807) is 48.7 Å². The molecule has 0 bridgehead atoms. The smallest absolute Gasteiger partial charge is 0.277 e. The number of rotatable bonds is 5. The Hall–Kier alpha value is -3.28. The number of nitro groups is 1. The summed E-state index contributed by atoms with van der Waals surface area (Å²) in [5.74, 6) is 1.05. The number of carbonyl (C=O) groups is 1. The molecule has 0 aliphatic heterocycles. The number of pyridine rings is 1. The Morgan fingerprint density at radius 1 is 1.17 bits per heavy atom. The first-order chi connectivity index (χ1) is 11.5. The van der Waals surface area contributed by atoms with E-state index in [0.29, 0.717) is 28.0 Å². The minimum absolute atomic E-state index is 0.0143. The molecule has 0 amide bonds. The van der Waals surface area contributed by atoms with Crippen molar-refractivity contribution in [2.75, 3.05) is 0 Å². The van der Waals surface area contributed by atoms with Crippen molar-refractivity contribution in [3.05, 3.63) is 70.5 Å². The number of hydrogen-bond donors (Lipinski definition) is 0. The minimum Gasteiger partial charge on any atom is -0.457 e. The number of fused-ring (bicyclic) bond motifs is 1. The van der Waals surface area contributed by atoms with Crippen molar-refractivity contribution >= 4 is 22.2 Å². The van der Waals surface area contributed by atoms with Crippen molar-refractivity contribution in [1.82, 2.24) is 4.98 Å². The molecule has 0 saturated carbocycles. The van der Waals surface area contributed by atoms with E-state index in [9.17, 15) is 14.9 Å². The van der Waals surface area contributed by atoms with E-state index < -0.39 is 4.92 Å². The highest BCUT2D eigenvalue weighted by atomic mass is 16.6. The van der Waals surface area contributed by atoms with Crippen molar-refractivity contribution < 1.29 is 14.5 Å². The molecule has 0 saturated heterocycles. The number of carbonyl (C=O) groups excluding carboxylic acids is 1. The van der Waals surface area contributed by atoms with Gasteiger partial charge in [0.05, 0.1) is 16.0 Å². The lowest BCUT2D eigenvalue weighted by Gasteiger charge is -2.10. The second-order valence-corrected chi connectivity index (χ2v) is 5.35. The van der Waals surface area contributed by atoms with Gasteiger partial charge in [0.2, 0.25) is 0 Å². The molecule has 0 spiro atoms. The van der Waals surface area contributed by atoms with E-state index >= 15 is 0 Å². The Balaban J connectivity index is 2.01. The molecule has 0 fully saturated rings. The van der Waals surface area contributed by atoms with Gasteiger partial charge in [-0.15, -0.1) is 0 Å². The van der Waals surface area contributed by atoms with Crippen molar-refractivity contribution in [3.8, 4) is 11.5 Å². The van der Waals surface area contributed by atoms with Crippen LogP contribution in [0, 0.1) is 10.1 Å². The fourth-order valence-electron chi connectivity index (χ4n) is 2.50. The number of aromatic nitrogens is 1. The maximum Gasteiger partial charge on any atom is 0.277 e. The van der Waals surface area contributed by atoms with Gasteiger partial charge in [-0.25, -0.2) is 0 Å². The van der Waals surface area contributed by atoms with Crippen LogP contribution in [-0.2, 0) is 11.2 Å². The van der Waals surface area contributed by atoms with Crippen LogP contribution in [0.4, 0.5) is 5.69 Å². The molecule has 120 valence electrons. The number of non-ortho nitro benzene ring substituents is 1. The zero-order chi connectivity index (χ0) is 17.1. The molecule has 6 nitrogen and oxygen atoms in total. The number of nitro benzene ring substituents is 1. The molecule has 1 aromatic heterocycles. The monoisotopic (exact) mass is 322 g/mol. The molecule has 2 aromatic carbocycles. The number of ketones is 1. The molecule has 0 N–H and O–H groups in total. The zero-order valence-electron chi connectivity index (χ0n) is 12.9. The van der Waals surface area contributed by atoms with E-state index in [-0.39, 0.29) is 17.9 Å². The van der Waals surface area contributed by atoms with E-state index in [4.69, 9.17) is 4.74 Å². The van der Waals surface area contributed by atoms with Crippen molar-refractivity contribution in [3.63, 3.8) is 0 Å². The predicted molar refractivity (Wildman–Crippen MR) is 89.3 cm³/mol. The zero-order valence-corrected chi connectivity index (χ0v) is 12.9. The van der Waals surface area contributed by atoms with Crippen LogP contribution in [-0.4, -0.2) is 15.7 Å². The lowest BCUT2D eigenvalue weighted by Crippen LogP contribution is -1.99. The van der Waals surface area contributed by atoms with Crippen LogP contribution in [0.2, 0.25) is 0 Å². The number of benzene rings is 2. The SMILES string of the molecule is CC(=O)Cc1cc(Oc2ccc([N+](=O)[O-])c3ccccc23)ccn1. The number of nitrogens with zero attached hydrogens (tertiary/aromatic N) is 2. The van der Waals surface area contributed by atoms with Crippen LogP contribution in [0.1, 0.15) is 12.6 Å². The van der Waals surface area contributed by atoms with Crippen LogP contribution < -0.4 is 4.74 Å². The van der Waals surface area contributed by atoms with Crippen molar-refractivity contribution in [2.45, 2.75) is 13.3 Å². The fourth-order valence-corrected chi connectivity index (χ4v) is 2.50. The number of ether oxygens (including phenoxy) is 1. The summed E-state index contributed by atoms with van der Waals surface area (Å²) in [5.41, 5.74) is 0.649. The van der Waals surface area contributed by atoms with Gasteiger partial charge in [0, 0.05) is 30.1 Å². The summed E-state index contributed by atoms with van der Waals surface area (Å²) < 4.78 is 5.87. The summed E-state index contributed by atoms with van der Waals surface area (Å²) >= 11 is 0. The Morgan fingerprint density at radius 2 is 1.92 bits per heavy atom. The molecule has 6 heteroatoms. The highest BCUT2D eigenvalue weighted by Gasteiger charge is 2.15. The average Bonchev–Trinajstić information content (AvgIpc) is 2.54. The second kappa shape index (κ2) is 6.45. The highest BCUT2D eigenvalue weighted by molar-refractivity contribution is 5.95. The summed E-state index contributed by atoms with van der Waals surface area (Å²) in [5, 5.41) is 12.3. The molecule has 24 heavy (non-hydrogen) atoms. The van der Waals surface area contributed by atoms with Crippen LogP contribution in [0.3, 0.4) is 0 Å². The number of hydrogen-bond acceptors (Lipinski definition) is 5. The van der Waals surface area contributed by atoms with Gasteiger partial charge in [-0.2, -0.15) is 0 Å². The molecule has 3 rings (SSSR count). The van der Waals surface area contributed by atoms with Gasteiger partial charge in [0.15, 0.2) is 0 Å². The van der Waals surface area contributed by atoms with E-state index in [0.717, 1.165) is 0 Å². The molecule has 1 heterocycles. The molecular formula is C18H14N2O4. The third-order valence-electron chi connectivity index (χ3n) is 3.50. The lowest BCUT2D eigenvalue weighted by molar-refractivity contribution is -0.383. The van der Waals surface area contributed by atoms with Gasteiger partial charge in [-0.3, -0.25) is 19.9 Å². The van der Waals surface area contributed by atoms with Crippen LogP contribution in [0.25, 0.3) is 10.8 Å². The molecule has 0 aliphatic carbocycles. The van der Waals surface area contributed by atoms with Gasteiger partial charge < -0.3 is 4.74 Å². The first-order valence-corrected chi connectivity index (χ1v) is 7.33. The summed E-state index contributed by atoms with van der Waals surface area (Å²) in [6.07, 6.45) is 1.80. The molecule has 3 aromatic rings. The molecule has 0 unspecified atom stereocenters. The summed E-state index contributed by atoms with van der Waals surface area (Å²) in [6, 6.07) is 13.4. The minimum atomic E-state index is -0.413. The summed E-state index contributed by atoms with van der Waals surface area (Å²) in [4.78, 5) is 26.1. The third-order valence-corrected chi connectivity index (χ3v) is 3.50. The standard InChI is InChI=1S/C18H14N2O4/c1-12(21)10-13-11-14(8-9-19-13)24-18-7-6-17(20(22)23)15-4-2-3-5-16(15)18/h2-9,11H,10H2,1H3. The average molecular weight is 322 g/mol. The van der Waals surface area contributed by atoms with E-state index in [2.05, 4.69) is 4.98 Å². The fraction of sp³-hybridized carbons (Fsp3) is 0.111. The van der Waals surface area contributed by atoms with Crippen LogP contribution >= 0.6 is 0 Å². The first-order valence-electron chi connectivity index (χ1n) is 7.33. The van der Waals surface area contributed by atoms with Gasteiger partial charge in [-0.1, -0.05) is 18.2 Å². The van der Waals surface area contributed by atoms with E-state index in [1.807, 2.05) is 0 Å². The van der Waals surface area contributed by atoms with Crippen molar-refractivity contribution in [1.29, 1.82) is 0 Å². The Kier molecular flexibility index (Phi) is 4.20. The molecule has 0 atom stereocenters. The second-order valence-electron chi connectivity index (χ2n) is 5.35. The largest absolute Gasteiger partial charge is 0.457 e. The van der Waals surface area contributed by atoms with Crippen LogP contribution in [0.15, 0.2) is 54.7 Å². The normalized spacial score (nSPS) is 10.5. The Bertz CT molecular complexity index is 937. The third kappa shape index (κ3) is 3.22. The summed E-state index contributed by atoms with van der Waals surface area (Å²) in [7, 11) is 0. The van der Waals surface area contributed by atoms with Gasteiger partial charge in [-0.05, 0) is 25.1 Å². The van der Waals surface area contributed by atoms with Gasteiger partial charge in [0.1, 0.15) is 17.3 Å². The maximum absolute atomic E-state index is 11.2. The topological polar surface area (TPSA) is 82.3 Å². The molecule has 0 radical (unpaired) electrons. The molecular weight excluding hydrogens is 308 g/mol. The maximum atomic E-state index is 11.2.